The van der Waals surface area contributed by atoms with Crippen LogP contribution in [0.1, 0.15) is 52.4 Å². The minimum Gasteiger partial charge on any atom is -0.383 e. The van der Waals surface area contributed by atoms with E-state index in [1.807, 2.05) is 4.90 Å². The molecule has 18 heavy (non-hydrogen) atoms. The summed E-state index contributed by atoms with van der Waals surface area (Å²) in [5.41, 5.74) is -0.248. The lowest BCUT2D eigenvalue weighted by Gasteiger charge is -2.30. The van der Waals surface area contributed by atoms with Gasteiger partial charge in [0.2, 0.25) is 5.91 Å². The van der Waals surface area contributed by atoms with E-state index in [2.05, 4.69) is 19.2 Å². The normalized spacial score (nSPS) is 28.3. The van der Waals surface area contributed by atoms with Gasteiger partial charge in [0.05, 0.1) is 24.4 Å². The van der Waals surface area contributed by atoms with Gasteiger partial charge in [-0.15, -0.1) is 0 Å². The topological polar surface area (TPSA) is 41.6 Å². The smallest absolute Gasteiger partial charge is 0.244 e. The molecule has 0 bridgehead atoms. The average molecular weight is 254 g/mol. The predicted molar refractivity (Wildman–Crippen MR) is 71.2 cm³/mol. The largest absolute Gasteiger partial charge is 0.383 e. The lowest BCUT2D eigenvalue weighted by atomic mass is 9.97. The highest BCUT2D eigenvalue weighted by atomic mass is 16.5. The first-order valence-electron chi connectivity index (χ1n) is 7.24. The molecule has 4 nitrogen and oxygen atoms in total. The quantitative estimate of drug-likeness (QED) is 0.814. The van der Waals surface area contributed by atoms with Gasteiger partial charge < -0.3 is 9.64 Å². The van der Waals surface area contributed by atoms with Crippen LogP contribution in [0.15, 0.2) is 0 Å². The van der Waals surface area contributed by atoms with Gasteiger partial charge in [-0.3, -0.25) is 10.1 Å². The molecule has 0 aromatic heterocycles. The van der Waals surface area contributed by atoms with Gasteiger partial charge in [0.25, 0.3) is 0 Å². The molecular weight excluding hydrogens is 228 g/mol. The first-order chi connectivity index (χ1) is 8.64. The van der Waals surface area contributed by atoms with Crippen LogP contribution in [-0.4, -0.2) is 42.3 Å². The fourth-order valence-electron chi connectivity index (χ4n) is 3.49. The van der Waals surface area contributed by atoms with Crippen molar-refractivity contribution in [2.24, 2.45) is 0 Å². The third kappa shape index (κ3) is 2.28. The number of amides is 1. The van der Waals surface area contributed by atoms with Crippen molar-refractivity contribution in [2.45, 2.75) is 70.1 Å². The molecule has 1 heterocycles. The van der Waals surface area contributed by atoms with E-state index in [4.69, 9.17) is 4.74 Å². The maximum atomic E-state index is 12.7. The highest BCUT2D eigenvalue weighted by Gasteiger charge is 2.52. The number of nitrogens with one attached hydrogen (secondary N) is 1. The van der Waals surface area contributed by atoms with Gasteiger partial charge in [0.15, 0.2) is 0 Å². The van der Waals surface area contributed by atoms with Crippen molar-refractivity contribution in [3.63, 3.8) is 0 Å². The second-order valence-corrected chi connectivity index (χ2v) is 5.75. The Bertz CT molecular complexity index is 300. The van der Waals surface area contributed by atoms with Gasteiger partial charge in [0, 0.05) is 7.11 Å². The van der Waals surface area contributed by atoms with Crippen LogP contribution >= 0.6 is 0 Å². The Labute approximate surface area is 110 Å². The van der Waals surface area contributed by atoms with Crippen LogP contribution in [0, 0.1) is 0 Å². The number of hydrogen-bond acceptors (Lipinski definition) is 3. The van der Waals surface area contributed by atoms with Crippen LogP contribution in [0.4, 0.5) is 0 Å². The van der Waals surface area contributed by atoms with E-state index in [-0.39, 0.29) is 17.7 Å². The standard InChI is InChI=1S/C14H26N2O2/c1-4-7-12-15-14(8-5-6-9-14)13(17)16(12)11(2)10-18-3/h11-12,15H,4-10H2,1-3H3. The lowest BCUT2D eigenvalue weighted by molar-refractivity contribution is -0.136. The van der Waals surface area contributed by atoms with Crippen molar-refractivity contribution < 1.29 is 9.53 Å². The zero-order valence-corrected chi connectivity index (χ0v) is 11.9. The summed E-state index contributed by atoms with van der Waals surface area (Å²) in [6, 6.07) is 0.159. The fourth-order valence-corrected chi connectivity index (χ4v) is 3.49. The molecule has 104 valence electrons. The summed E-state index contributed by atoms with van der Waals surface area (Å²) in [7, 11) is 1.70. The summed E-state index contributed by atoms with van der Waals surface area (Å²) < 4.78 is 5.22. The van der Waals surface area contributed by atoms with Crippen LogP contribution in [0.2, 0.25) is 0 Å². The Morgan fingerprint density at radius 3 is 2.72 bits per heavy atom. The van der Waals surface area contributed by atoms with Crippen LogP contribution in [0.3, 0.4) is 0 Å². The molecule has 1 saturated heterocycles. The molecule has 1 saturated carbocycles. The summed E-state index contributed by atoms with van der Waals surface area (Å²) in [6.45, 7) is 4.87. The molecule has 2 fully saturated rings. The number of ether oxygens (including phenoxy) is 1. The molecule has 1 spiro atoms. The molecule has 0 aromatic rings. The van der Waals surface area contributed by atoms with E-state index < -0.39 is 0 Å². The Morgan fingerprint density at radius 2 is 2.17 bits per heavy atom. The van der Waals surface area contributed by atoms with Gasteiger partial charge in [-0.25, -0.2) is 0 Å². The number of carbonyl (C=O) groups is 1. The van der Waals surface area contributed by atoms with Gasteiger partial charge in [-0.1, -0.05) is 26.2 Å². The van der Waals surface area contributed by atoms with Crippen molar-refractivity contribution >= 4 is 5.91 Å². The zero-order valence-electron chi connectivity index (χ0n) is 11.9. The van der Waals surface area contributed by atoms with Gasteiger partial charge >= 0.3 is 0 Å². The van der Waals surface area contributed by atoms with E-state index in [0.29, 0.717) is 12.5 Å². The van der Waals surface area contributed by atoms with Gasteiger partial charge in [-0.05, 0) is 26.2 Å². The SMILES string of the molecule is CCCC1NC2(CCCC2)C(=O)N1C(C)COC. The van der Waals surface area contributed by atoms with Crippen molar-refractivity contribution in [1.82, 2.24) is 10.2 Å². The molecule has 1 amide bonds. The number of nitrogens with zero attached hydrogens (tertiary/aromatic N) is 1. The molecule has 1 N–H and O–H groups in total. The van der Waals surface area contributed by atoms with Crippen molar-refractivity contribution in [1.29, 1.82) is 0 Å². The number of hydrogen-bond donors (Lipinski definition) is 1. The maximum Gasteiger partial charge on any atom is 0.244 e. The Morgan fingerprint density at radius 1 is 1.50 bits per heavy atom. The molecule has 0 aromatic carbocycles. The van der Waals surface area contributed by atoms with Crippen LogP contribution in [-0.2, 0) is 9.53 Å². The first-order valence-corrected chi connectivity index (χ1v) is 7.24. The second-order valence-electron chi connectivity index (χ2n) is 5.75. The second kappa shape index (κ2) is 5.57. The number of rotatable bonds is 5. The van der Waals surface area contributed by atoms with E-state index in [1.54, 1.807) is 7.11 Å². The highest BCUT2D eigenvalue weighted by Crippen LogP contribution is 2.38. The van der Waals surface area contributed by atoms with Crippen molar-refractivity contribution in [2.75, 3.05) is 13.7 Å². The average Bonchev–Trinajstić information content (AvgIpc) is 2.88. The fraction of sp³-hybridized carbons (Fsp3) is 0.929. The number of methoxy groups -OCH3 is 1. The van der Waals surface area contributed by atoms with Crippen LogP contribution in [0.25, 0.3) is 0 Å². The molecule has 4 heteroatoms. The van der Waals surface area contributed by atoms with Gasteiger partial charge in [-0.2, -0.15) is 0 Å². The molecule has 1 aliphatic heterocycles. The molecule has 2 rings (SSSR count). The molecule has 2 aliphatic rings. The third-order valence-electron chi connectivity index (χ3n) is 4.32. The minimum absolute atomic E-state index is 0.159. The van der Waals surface area contributed by atoms with E-state index >= 15 is 0 Å². The van der Waals surface area contributed by atoms with Crippen LogP contribution in [0.5, 0.6) is 0 Å². The molecule has 2 unspecified atom stereocenters. The summed E-state index contributed by atoms with van der Waals surface area (Å²) in [6.07, 6.45) is 6.67. The molecule has 1 aliphatic carbocycles. The molecular formula is C14H26N2O2. The Hall–Kier alpha value is -0.610. The monoisotopic (exact) mass is 254 g/mol. The maximum absolute atomic E-state index is 12.7. The third-order valence-corrected chi connectivity index (χ3v) is 4.32. The Balaban J connectivity index is 2.16. The predicted octanol–water partition coefficient (Wildman–Crippen LogP) is 1.89. The summed E-state index contributed by atoms with van der Waals surface area (Å²) in [5.74, 6) is 0.308. The van der Waals surface area contributed by atoms with Crippen LogP contribution < -0.4 is 5.32 Å². The van der Waals surface area contributed by atoms with E-state index in [0.717, 1.165) is 25.7 Å². The Kier molecular flexibility index (Phi) is 4.28. The van der Waals surface area contributed by atoms with Crippen molar-refractivity contribution in [3.05, 3.63) is 0 Å². The lowest BCUT2D eigenvalue weighted by Crippen LogP contribution is -2.46. The summed E-state index contributed by atoms with van der Waals surface area (Å²) in [4.78, 5) is 14.8. The van der Waals surface area contributed by atoms with Crippen molar-refractivity contribution in [3.8, 4) is 0 Å². The minimum atomic E-state index is -0.248. The van der Waals surface area contributed by atoms with E-state index in [1.165, 1.54) is 12.8 Å². The summed E-state index contributed by atoms with van der Waals surface area (Å²) in [5, 5.41) is 3.63. The van der Waals surface area contributed by atoms with Gasteiger partial charge in [0.1, 0.15) is 0 Å². The molecule has 2 atom stereocenters. The number of carbonyl (C=O) groups excluding carboxylic acids is 1. The zero-order chi connectivity index (χ0) is 13.2. The summed E-state index contributed by atoms with van der Waals surface area (Å²) >= 11 is 0. The molecule has 0 radical (unpaired) electrons. The first kappa shape index (κ1) is 13.8. The highest BCUT2D eigenvalue weighted by molar-refractivity contribution is 5.89. The van der Waals surface area contributed by atoms with E-state index in [9.17, 15) is 4.79 Å².